The Kier molecular flexibility index (Phi) is 6.39. The van der Waals surface area contributed by atoms with Crippen molar-refractivity contribution in [2.75, 3.05) is 7.11 Å². The molecule has 124 valence electrons. The van der Waals surface area contributed by atoms with Gasteiger partial charge in [-0.3, -0.25) is 4.79 Å². The molecular formula is C14H20BrNO5S. The van der Waals surface area contributed by atoms with Crippen LogP contribution in [-0.2, 0) is 14.8 Å². The Morgan fingerprint density at radius 3 is 2.45 bits per heavy atom. The Labute approximate surface area is 139 Å². The Balaban J connectivity index is 3.23. The van der Waals surface area contributed by atoms with Crippen LogP contribution in [0.1, 0.15) is 25.8 Å². The maximum absolute atomic E-state index is 12.5. The maximum atomic E-state index is 12.5. The minimum absolute atomic E-state index is 0.0375. The van der Waals surface area contributed by atoms with E-state index in [-0.39, 0.29) is 23.0 Å². The Morgan fingerprint density at radius 1 is 1.41 bits per heavy atom. The predicted octanol–water partition coefficient (Wildman–Crippen LogP) is 2.54. The third-order valence-corrected chi connectivity index (χ3v) is 5.38. The highest BCUT2D eigenvalue weighted by Gasteiger charge is 2.28. The van der Waals surface area contributed by atoms with Gasteiger partial charge in [-0.25, -0.2) is 8.42 Å². The van der Waals surface area contributed by atoms with Crippen LogP contribution in [0, 0.1) is 12.8 Å². The first-order valence-corrected chi connectivity index (χ1v) is 8.95. The van der Waals surface area contributed by atoms with E-state index in [0.717, 1.165) is 5.56 Å². The third-order valence-electron chi connectivity index (χ3n) is 3.04. The normalized spacial score (nSPS) is 13.2. The molecule has 8 heteroatoms. The lowest BCUT2D eigenvalue weighted by Crippen LogP contribution is -2.41. The van der Waals surface area contributed by atoms with E-state index in [0.29, 0.717) is 4.47 Å². The molecule has 0 fully saturated rings. The van der Waals surface area contributed by atoms with Gasteiger partial charge in [-0.1, -0.05) is 29.8 Å². The molecule has 0 radical (unpaired) electrons. The molecule has 0 heterocycles. The zero-order valence-electron chi connectivity index (χ0n) is 12.9. The molecule has 1 aromatic carbocycles. The number of benzene rings is 1. The van der Waals surface area contributed by atoms with E-state index >= 15 is 0 Å². The first-order chi connectivity index (χ1) is 10.1. The minimum Gasteiger partial charge on any atom is -0.495 e. The average Bonchev–Trinajstić information content (AvgIpc) is 2.39. The lowest BCUT2D eigenvalue weighted by atomic mass is 10.1. The van der Waals surface area contributed by atoms with Crippen LogP contribution in [-0.4, -0.2) is 32.6 Å². The summed E-state index contributed by atoms with van der Waals surface area (Å²) in [6.07, 6.45) is 0.198. The van der Waals surface area contributed by atoms with Crippen molar-refractivity contribution in [3.8, 4) is 5.75 Å². The largest absolute Gasteiger partial charge is 0.495 e. The molecule has 0 bridgehead atoms. The summed E-state index contributed by atoms with van der Waals surface area (Å²) in [5, 5.41) is 9.19. The van der Waals surface area contributed by atoms with Crippen molar-refractivity contribution in [2.24, 2.45) is 5.92 Å². The summed E-state index contributed by atoms with van der Waals surface area (Å²) in [6.45, 7) is 5.45. The summed E-state index contributed by atoms with van der Waals surface area (Å²) in [5.74, 6) is -1.00. The third kappa shape index (κ3) is 4.69. The molecule has 0 unspecified atom stereocenters. The highest BCUT2D eigenvalue weighted by atomic mass is 79.9. The number of hydrogen-bond donors (Lipinski definition) is 2. The first kappa shape index (κ1) is 18.9. The minimum atomic E-state index is -4.02. The van der Waals surface area contributed by atoms with Gasteiger partial charge in [-0.15, -0.1) is 0 Å². The maximum Gasteiger partial charge on any atom is 0.321 e. The van der Waals surface area contributed by atoms with Gasteiger partial charge in [0.2, 0.25) is 10.0 Å². The number of hydrogen-bond acceptors (Lipinski definition) is 4. The van der Waals surface area contributed by atoms with Crippen LogP contribution in [0.5, 0.6) is 5.75 Å². The van der Waals surface area contributed by atoms with Crippen molar-refractivity contribution in [1.29, 1.82) is 0 Å². The van der Waals surface area contributed by atoms with Crippen LogP contribution in [0.2, 0.25) is 0 Å². The molecule has 0 aliphatic heterocycles. The number of rotatable bonds is 7. The Hall–Kier alpha value is -1.12. The summed E-state index contributed by atoms with van der Waals surface area (Å²) >= 11 is 3.27. The number of aryl methyl sites for hydroxylation is 1. The highest BCUT2D eigenvalue weighted by Crippen LogP contribution is 2.30. The fraction of sp³-hybridized carbons (Fsp3) is 0.500. The van der Waals surface area contributed by atoms with Crippen molar-refractivity contribution in [3.63, 3.8) is 0 Å². The second-order valence-electron chi connectivity index (χ2n) is 5.39. The van der Waals surface area contributed by atoms with E-state index in [1.807, 2.05) is 13.8 Å². The number of aliphatic carboxylic acids is 1. The highest BCUT2D eigenvalue weighted by molar-refractivity contribution is 9.10. The standard InChI is InChI=1S/C14H20BrNO5S/c1-8(2)5-11(14(17)18)16-22(19,20)13-7-10(15)9(3)6-12(13)21-4/h6-8,11,16H,5H2,1-4H3,(H,17,18)/t11-/m0/s1. The van der Waals surface area contributed by atoms with Gasteiger partial charge in [0.15, 0.2) is 0 Å². The van der Waals surface area contributed by atoms with E-state index in [1.54, 1.807) is 13.0 Å². The van der Waals surface area contributed by atoms with Gasteiger partial charge < -0.3 is 9.84 Å². The van der Waals surface area contributed by atoms with Gasteiger partial charge in [0, 0.05) is 4.47 Å². The van der Waals surface area contributed by atoms with Crippen LogP contribution in [0.3, 0.4) is 0 Å². The number of methoxy groups -OCH3 is 1. The second-order valence-corrected chi connectivity index (χ2v) is 7.93. The van der Waals surface area contributed by atoms with Gasteiger partial charge in [-0.2, -0.15) is 4.72 Å². The SMILES string of the molecule is COc1cc(C)c(Br)cc1S(=O)(=O)N[C@@H](CC(C)C)C(=O)O. The molecule has 0 spiro atoms. The smallest absolute Gasteiger partial charge is 0.321 e. The number of carboxylic acid groups (broad SMARTS) is 1. The number of halogens is 1. The Morgan fingerprint density at radius 2 is 2.00 bits per heavy atom. The molecule has 0 aliphatic rings. The van der Waals surface area contributed by atoms with Crippen LogP contribution in [0.4, 0.5) is 0 Å². The van der Waals surface area contributed by atoms with E-state index in [9.17, 15) is 18.3 Å². The van der Waals surface area contributed by atoms with Gasteiger partial charge in [0.05, 0.1) is 7.11 Å². The van der Waals surface area contributed by atoms with Gasteiger partial charge in [0.25, 0.3) is 0 Å². The van der Waals surface area contributed by atoms with Crippen LogP contribution in [0.15, 0.2) is 21.5 Å². The molecule has 0 aromatic heterocycles. The summed E-state index contributed by atoms with van der Waals surface area (Å²) in [4.78, 5) is 11.2. The number of carboxylic acids is 1. The average molecular weight is 394 g/mol. The van der Waals surface area contributed by atoms with E-state index in [4.69, 9.17) is 4.74 Å². The van der Waals surface area contributed by atoms with Crippen LogP contribution < -0.4 is 9.46 Å². The van der Waals surface area contributed by atoms with Crippen molar-refractivity contribution in [3.05, 3.63) is 22.2 Å². The monoisotopic (exact) mass is 393 g/mol. The lowest BCUT2D eigenvalue weighted by Gasteiger charge is -2.18. The van der Waals surface area contributed by atoms with Crippen molar-refractivity contribution in [2.45, 2.75) is 38.1 Å². The van der Waals surface area contributed by atoms with Crippen molar-refractivity contribution in [1.82, 2.24) is 4.72 Å². The summed E-state index contributed by atoms with van der Waals surface area (Å²) < 4.78 is 32.9. The molecule has 0 saturated heterocycles. The molecule has 0 aliphatic carbocycles. The molecule has 1 rings (SSSR count). The van der Waals surface area contributed by atoms with Crippen LogP contribution in [0.25, 0.3) is 0 Å². The predicted molar refractivity (Wildman–Crippen MR) is 86.6 cm³/mol. The van der Waals surface area contributed by atoms with Crippen molar-refractivity contribution >= 4 is 31.9 Å². The number of ether oxygens (including phenoxy) is 1. The van der Waals surface area contributed by atoms with E-state index in [1.165, 1.54) is 13.2 Å². The fourth-order valence-electron chi connectivity index (χ4n) is 1.93. The molecule has 22 heavy (non-hydrogen) atoms. The Bertz CT molecular complexity index is 657. The molecule has 2 N–H and O–H groups in total. The summed E-state index contributed by atoms with van der Waals surface area (Å²) in [7, 11) is -2.65. The number of carbonyl (C=O) groups is 1. The van der Waals surface area contributed by atoms with Crippen molar-refractivity contribution < 1.29 is 23.1 Å². The lowest BCUT2D eigenvalue weighted by molar-refractivity contribution is -0.139. The van der Waals surface area contributed by atoms with Gasteiger partial charge in [0.1, 0.15) is 16.7 Å². The number of sulfonamides is 1. The number of nitrogens with one attached hydrogen (secondary N) is 1. The summed E-state index contributed by atoms with van der Waals surface area (Å²) in [6, 6.07) is 1.80. The molecule has 0 saturated carbocycles. The van der Waals surface area contributed by atoms with Crippen LogP contribution >= 0.6 is 15.9 Å². The van der Waals surface area contributed by atoms with Gasteiger partial charge >= 0.3 is 5.97 Å². The first-order valence-electron chi connectivity index (χ1n) is 6.67. The zero-order valence-corrected chi connectivity index (χ0v) is 15.3. The fourth-order valence-corrected chi connectivity index (χ4v) is 3.80. The van der Waals surface area contributed by atoms with E-state index < -0.39 is 22.0 Å². The molecular weight excluding hydrogens is 374 g/mol. The van der Waals surface area contributed by atoms with E-state index in [2.05, 4.69) is 20.7 Å². The molecule has 0 amide bonds. The second kappa shape index (κ2) is 7.43. The summed E-state index contributed by atoms with van der Waals surface area (Å²) in [5.41, 5.74) is 0.813. The topological polar surface area (TPSA) is 92.7 Å². The molecule has 1 aromatic rings. The zero-order chi connectivity index (χ0) is 17.1. The molecule has 1 atom stereocenters. The molecule has 6 nitrogen and oxygen atoms in total. The quantitative estimate of drug-likeness (QED) is 0.742. The van der Waals surface area contributed by atoms with Gasteiger partial charge in [-0.05, 0) is 37.0 Å².